The number of rotatable bonds is 6. The third-order valence-corrected chi connectivity index (χ3v) is 1.76. The standard InChI is InChI=1S/C9H20N2O2/c1-5-11-8(12)6-10-7-9(2,3)13-4/h10H,5-7H2,1-4H3,(H,11,12). The number of likely N-dealkylation sites (N-methyl/N-ethyl adjacent to an activating group) is 1. The fraction of sp³-hybridized carbons (Fsp3) is 0.889. The molecule has 0 aliphatic rings. The first-order chi connectivity index (χ1) is 6.02. The molecule has 78 valence electrons. The van der Waals surface area contributed by atoms with Crippen LogP contribution in [0.5, 0.6) is 0 Å². The smallest absolute Gasteiger partial charge is 0.233 e. The summed E-state index contributed by atoms with van der Waals surface area (Å²) in [6, 6.07) is 0. The van der Waals surface area contributed by atoms with Crippen LogP contribution in [0.1, 0.15) is 20.8 Å². The lowest BCUT2D eigenvalue weighted by atomic mass is 10.1. The molecule has 0 aromatic heterocycles. The van der Waals surface area contributed by atoms with E-state index in [1.165, 1.54) is 0 Å². The van der Waals surface area contributed by atoms with Crippen molar-refractivity contribution in [3.05, 3.63) is 0 Å². The Bertz CT molecular complexity index is 158. The second-order valence-electron chi connectivity index (χ2n) is 3.52. The van der Waals surface area contributed by atoms with Gasteiger partial charge in [0, 0.05) is 20.2 Å². The van der Waals surface area contributed by atoms with Gasteiger partial charge in [0.25, 0.3) is 0 Å². The van der Waals surface area contributed by atoms with Crippen LogP contribution in [0.2, 0.25) is 0 Å². The number of carbonyl (C=O) groups excluding carboxylic acids is 1. The largest absolute Gasteiger partial charge is 0.377 e. The molecule has 4 heteroatoms. The predicted molar refractivity (Wildman–Crippen MR) is 52.6 cm³/mol. The lowest BCUT2D eigenvalue weighted by Gasteiger charge is -2.22. The molecule has 0 heterocycles. The van der Waals surface area contributed by atoms with E-state index in [2.05, 4.69) is 10.6 Å². The van der Waals surface area contributed by atoms with Crippen molar-refractivity contribution < 1.29 is 9.53 Å². The minimum absolute atomic E-state index is 0.0226. The Balaban J connectivity index is 3.50. The Morgan fingerprint density at radius 3 is 2.54 bits per heavy atom. The van der Waals surface area contributed by atoms with E-state index in [1.54, 1.807) is 7.11 Å². The predicted octanol–water partition coefficient (Wildman–Crippen LogP) is 0.137. The van der Waals surface area contributed by atoms with Crippen LogP contribution < -0.4 is 10.6 Å². The molecule has 1 amide bonds. The van der Waals surface area contributed by atoms with Crippen molar-refractivity contribution in [3.63, 3.8) is 0 Å². The van der Waals surface area contributed by atoms with Gasteiger partial charge in [0.2, 0.25) is 5.91 Å². The molecule has 0 bridgehead atoms. The summed E-state index contributed by atoms with van der Waals surface area (Å²) in [5.41, 5.74) is -0.216. The van der Waals surface area contributed by atoms with Crippen LogP contribution in [0, 0.1) is 0 Å². The minimum Gasteiger partial charge on any atom is -0.377 e. The molecule has 0 radical (unpaired) electrons. The topological polar surface area (TPSA) is 50.4 Å². The fourth-order valence-electron chi connectivity index (χ4n) is 0.809. The van der Waals surface area contributed by atoms with Crippen LogP contribution in [-0.2, 0) is 9.53 Å². The first-order valence-corrected chi connectivity index (χ1v) is 4.54. The van der Waals surface area contributed by atoms with Crippen molar-refractivity contribution >= 4 is 5.91 Å². The summed E-state index contributed by atoms with van der Waals surface area (Å²) in [6.07, 6.45) is 0. The zero-order valence-electron chi connectivity index (χ0n) is 8.94. The quantitative estimate of drug-likeness (QED) is 0.623. The van der Waals surface area contributed by atoms with E-state index >= 15 is 0 Å². The van der Waals surface area contributed by atoms with Gasteiger partial charge in [-0.15, -0.1) is 0 Å². The van der Waals surface area contributed by atoms with Crippen molar-refractivity contribution in [1.29, 1.82) is 0 Å². The summed E-state index contributed by atoms with van der Waals surface area (Å²) in [5.74, 6) is 0.0226. The summed E-state index contributed by atoms with van der Waals surface area (Å²) in [7, 11) is 1.66. The van der Waals surface area contributed by atoms with Crippen LogP contribution >= 0.6 is 0 Å². The second kappa shape index (κ2) is 5.94. The summed E-state index contributed by atoms with van der Waals surface area (Å²) in [4.78, 5) is 11.0. The molecule has 0 rings (SSSR count). The van der Waals surface area contributed by atoms with Gasteiger partial charge in [-0.3, -0.25) is 4.79 Å². The number of hydrogen-bond donors (Lipinski definition) is 2. The van der Waals surface area contributed by atoms with Crippen molar-refractivity contribution in [3.8, 4) is 0 Å². The fourth-order valence-corrected chi connectivity index (χ4v) is 0.809. The van der Waals surface area contributed by atoms with Crippen LogP contribution in [0.25, 0.3) is 0 Å². The van der Waals surface area contributed by atoms with E-state index in [9.17, 15) is 4.79 Å². The maximum Gasteiger partial charge on any atom is 0.233 e. The van der Waals surface area contributed by atoms with E-state index in [0.717, 1.165) is 0 Å². The summed E-state index contributed by atoms with van der Waals surface area (Å²) in [6.45, 7) is 7.53. The maximum atomic E-state index is 11.0. The second-order valence-corrected chi connectivity index (χ2v) is 3.52. The van der Waals surface area contributed by atoms with E-state index in [4.69, 9.17) is 4.74 Å². The molecule has 0 aromatic rings. The van der Waals surface area contributed by atoms with Crippen LogP contribution in [-0.4, -0.2) is 38.3 Å². The van der Waals surface area contributed by atoms with Crippen LogP contribution in [0.3, 0.4) is 0 Å². The number of hydrogen-bond acceptors (Lipinski definition) is 3. The highest BCUT2D eigenvalue weighted by Crippen LogP contribution is 2.03. The van der Waals surface area contributed by atoms with E-state index < -0.39 is 0 Å². The summed E-state index contributed by atoms with van der Waals surface area (Å²) in [5, 5.41) is 5.73. The number of carbonyl (C=O) groups is 1. The van der Waals surface area contributed by atoms with Crippen LogP contribution in [0.4, 0.5) is 0 Å². The average Bonchev–Trinajstić information content (AvgIpc) is 2.05. The first kappa shape index (κ1) is 12.4. The molecule has 4 nitrogen and oxygen atoms in total. The molecular formula is C9H20N2O2. The zero-order valence-corrected chi connectivity index (χ0v) is 8.94. The van der Waals surface area contributed by atoms with Crippen molar-refractivity contribution in [2.45, 2.75) is 26.4 Å². The molecule has 0 unspecified atom stereocenters. The molecule has 2 N–H and O–H groups in total. The number of ether oxygens (including phenoxy) is 1. The lowest BCUT2D eigenvalue weighted by Crippen LogP contribution is -2.41. The summed E-state index contributed by atoms with van der Waals surface area (Å²) >= 11 is 0. The van der Waals surface area contributed by atoms with Gasteiger partial charge in [0.05, 0.1) is 12.1 Å². The van der Waals surface area contributed by atoms with Crippen molar-refractivity contribution in [1.82, 2.24) is 10.6 Å². The molecule has 0 spiro atoms. The zero-order chi connectivity index (χ0) is 10.3. The van der Waals surface area contributed by atoms with Gasteiger partial charge in [-0.2, -0.15) is 0 Å². The molecule has 0 aliphatic heterocycles. The van der Waals surface area contributed by atoms with Crippen molar-refractivity contribution in [2.75, 3.05) is 26.7 Å². The molecular weight excluding hydrogens is 168 g/mol. The monoisotopic (exact) mass is 188 g/mol. The Kier molecular flexibility index (Phi) is 5.66. The Hall–Kier alpha value is -0.610. The summed E-state index contributed by atoms with van der Waals surface area (Å²) < 4.78 is 5.19. The number of amides is 1. The van der Waals surface area contributed by atoms with Crippen LogP contribution in [0.15, 0.2) is 0 Å². The van der Waals surface area contributed by atoms with E-state index in [1.807, 2.05) is 20.8 Å². The highest BCUT2D eigenvalue weighted by molar-refractivity contribution is 5.77. The molecule has 0 aromatic carbocycles. The van der Waals surface area contributed by atoms with Gasteiger partial charge in [0.15, 0.2) is 0 Å². The molecule has 0 aliphatic carbocycles. The molecule has 0 saturated heterocycles. The first-order valence-electron chi connectivity index (χ1n) is 4.54. The molecule has 0 fully saturated rings. The van der Waals surface area contributed by atoms with E-state index in [-0.39, 0.29) is 11.5 Å². The number of nitrogens with one attached hydrogen (secondary N) is 2. The van der Waals surface area contributed by atoms with Gasteiger partial charge in [0.1, 0.15) is 0 Å². The van der Waals surface area contributed by atoms with Gasteiger partial charge >= 0.3 is 0 Å². The highest BCUT2D eigenvalue weighted by Gasteiger charge is 2.15. The maximum absolute atomic E-state index is 11.0. The Labute approximate surface area is 80.0 Å². The molecule has 0 atom stereocenters. The molecule has 0 saturated carbocycles. The van der Waals surface area contributed by atoms with Gasteiger partial charge < -0.3 is 15.4 Å². The lowest BCUT2D eigenvalue weighted by molar-refractivity contribution is -0.120. The third kappa shape index (κ3) is 6.54. The van der Waals surface area contributed by atoms with Gasteiger partial charge in [-0.05, 0) is 20.8 Å². The minimum atomic E-state index is -0.216. The SMILES string of the molecule is CCNC(=O)CNCC(C)(C)OC. The van der Waals surface area contributed by atoms with Crippen molar-refractivity contribution in [2.24, 2.45) is 0 Å². The van der Waals surface area contributed by atoms with E-state index in [0.29, 0.717) is 19.6 Å². The third-order valence-electron chi connectivity index (χ3n) is 1.76. The molecule has 13 heavy (non-hydrogen) atoms. The van der Waals surface area contributed by atoms with Gasteiger partial charge in [-0.25, -0.2) is 0 Å². The van der Waals surface area contributed by atoms with Gasteiger partial charge in [-0.1, -0.05) is 0 Å². The Morgan fingerprint density at radius 1 is 1.46 bits per heavy atom. The number of methoxy groups -OCH3 is 1. The normalized spacial score (nSPS) is 11.4. The average molecular weight is 188 g/mol. The highest BCUT2D eigenvalue weighted by atomic mass is 16.5. The Morgan fingerprint density at radius 2 is 2.08 bits per heavy atom.